The van der Waals surface area contributed by atoms with Gasteiger partial charge in [0.05, 0.1) is 11.8 Å². The quantitative estimate of drug-likeness (QED) is 0.820. The molecule has 4 nitrogen and oxygen atoms in total. The van der Waals surface area contributed by atoms with Gasteiger partial charge in [0, 0.05) is 15.8 Å². The van der Waals surface area contributed by atoms with Crippen LogP contribution in [0.15, 0.2) is 40.9 Å². The summed E-state index contributed by atoms with van der Waals surface area (Å²) < 4.78 is 0.914. The highest BCUT2D eigenvalue weighted by Crippen LogP contribution is 2.48. The van der Waals surface area contributed by atoms with Crippen molar-refractivity contribution in [2.75, 3.05) is 10.6 Å². The summed E-state index contributed by atoms with van der Waals surface area (Å²) in [5.74, 6) is -1.21. The Kier molecular flexibility index (Phi) is 2.87. The predicted octanol–water partition coefficient (Wildman–Crippen LogP) is 3.53. The molecule has 2 amide bonds. The van der Waals surface area contributed by atoms with Crippen LogP contribution in [0.3, 0.4) is 0 Å². The molecular formula is C17H13BrN2O2. The number of anilines is 2. The Balaban J connectivity index is 1.89. The first-order valence-electron chi connectivity index (χ1n) is 7.07. The number of halogens is 1. The maximum Gasteiger partial charge on any atom is 0.233 e. The van der Waals surface area contributed by atoms with Crippen LogP contribution < -0.4 is 10.6 Å². The van der Waals surface area contributed by atoms with E-state index in [1.165, 1.54) is 0 Å². The van der Waals surface area contributed by atoms with E-state index in [9.17, 15) is 9.59 Å². The minimum Gasteiger partial charge on any atom is -0.325 e. The van der Waals surface area contributed by atoms with Gasteiger partial charge in [0.2, 0.25) is 11.8 Å². The lowest BCUT2D eigenvalue weighted by molar-refractivity contribution is -0.123. The Bertz CT molecular complexity index is 831. The number of aryl methyl sites for hydroxylation is 1. The first kappa shape index (κ1) is 13.5. The fourth-order valence-electron chi connectivity index (χ4n) is 3.42. The molecule has 0 spiro atoms. The summed E-state index contributed by atoms with van der Waals surface area (Å²) in [5, 5.41) is 5.81. The Morgan fingerprint density at radius 2 is 1.64 bits per heavy atom. The van der Waals surface area contributed by atoms with Gasteiger partial charge >= 0.3 is 0 Å². The van der Waals surface area contributed by atoms with Crippen LogP contribution in [0.1, 0.15) is 28.5 Å². The van der Waals surface area contributed by atoms with Gasteiger partial charge in [0.15, 0.2) is 0 Å². The van der Waals surface area contributed by atoms with Crippen molar-refractivity contribution in [3.8, 4) is 0 Å². The van der Waals surface area contributed by atoms with Gasteiger partial charge in [-0.1, -0.05) is 34.1 Å². The van der Waals surface area contributed by atoms with Crippen molar-refractivity contribution in [3.63, 3.8) is 0 Å². The number of carbonyl (C=O) groups excluding carboxylic acids is 2. The van der Waals surface area contributed by atoms with Crippen LogP contribution >= 0.6 is 15.9 Å². The van der Waals surface area contributed by atoms with Gasteiger partial charge in [-0.2, -0.15) is 0 Å². The normalized spacial score (nSPS) is 22.1. The summed E-state index contributed by atoms with van der Waals surface area (Å²) >= 11 is 3.48. The van der Waals surface area contributed by atoms with E-state index in [0.717, 1.165) is 32.5 Å². The molecule has 2 aliphatic heterocycles. The molecule has 0 radical (unpaired) electrons. The van der Waals surface area contributed by atoms with Crippen LogP contribution in [0.5, 0.6) is 0 Å². The lowest BCUT2D eigenvalue weighted by Gasteiger charge is -2.16. The predicted molar refractivity (Wildman–Crippen MR) is 88.1 cm³/mol. The monoisotopic (exact) mass is 356 g/mol. The van der Waals surface area contributed by atoms with Crippen LogP contribution in [0.2, 0.25) is 0 Å². The van der Waals surface area contributed by atoms with Gasteiger partial charge in [-0.05, 0) is 41.8 Å². The molecule has 22 heavy (non-hydrogen) atoms. The Hall–Kier alpha value is -2.14. The molecule has 2 heterocycles. The average molecular weight is 357 g/mol. The number of benzene rings is 2. The summed E-state index contributed by atoms with van der Waals surface area (Å²) in [6.07, 6.45) is 0. The van der Waals surface area contributed by atoms with Gasteiger partial charge in [0.1, 0.15) is 0 Å². The van der Waals surface area contributed by atoms with E-state index in [1.54, 1.807) is 0 Å². The van der Waals surface area contributed by atoms with E-state index in [-0.39, 0.29) is 11.8 Å². The second-order valence-electron chi connectivity index (χ2n) is 5.71. The summed E-state index contributed by atoms with van der Waals surface area (Å²) in [6.45, 7) is 1.95. The highest BCUT2D eigenvalue weighted by atomic mass is 79.9. The van der Waals surface area contributed by atoms with Crippen molar-refractivity contribution in [1.82, 2.24) is 0 Å². The number of para-hydroxylation sites is 1. The summed E-state index contributed by atoms with van der Waals surface area (Å²) in [4.78, 5) is 25.0. The second-order valence-corrected chi connectivity index (χ2v) is 6.62. The zero-order valence-electron chi connectivity index (χ0n) is 11.8. The van der Waals surface area contributed by atoms with E-state index >= 15 is 0 Å². The van der Waals surface area contributed by atoms with Crippen molar-refractivity contribution in [3.05, 3.63) is 57.6 Å². The number of carbonyl (C=O) groups is 2. The molecule has 2 aromatic carbocycles. The third-order valence-corrected chi connectivity index (χ3v) is 4.82. The molecule has 2 unspecified atom stereocenters. The zero-order chi connectivity index (χ0) is 15.4. The molecule has 0 aromatic heterocycles. The standard InChI is InChI=1S/C17H13BrN2O2/c1-8-6-9(18)7-11-14(17(22)20-15(8)11)13-10-4-2-3-5-12(10)19-16(13)21/h2-7,13-14H,1H3,(H,19,21)(H,20,22). The molecule has 2 aliphatic rings. The molecule has 2 aromatic rings. The number of fused-ring (bicyclic) bond motifs is 2. The number of hydrogen-bond acceptors (Lipinski definition) is 2. The van der Waals surface area contributed by atoms with Crippen molar-refractivity contribution in [2.45, 2.75) is 18.8 Å². The smallest absolute Gasteiger partial charge is 0.233 e. The van der Waals surface area contributed by atoms with Gasteiger partial charge in [-0.25, -0.2) is 0 Å². The average Bonchev–Trinajstić information content (AvgIpc) is 2.95. The maximum absolute atomic E-state index is 12.5. The molecular weight excluding hydrogens is 344 g/mol. The zero-order valence-corrected chi connectivity index (χ0v) is 13.4. The Morgan fingerprint density at radius 1 is 0.955 bits per heavy atom. The van der Waals surface area contributed by atoms with Gasteiger partial charge in [0.25, 0.3) is 0 Å². The lowest BCUT2D eigenvalue weighted by Crippen LogP contribution is -2.24. The fraction of sp³-hybridized carbons (Fsp3) is 0.176. The number of hydrogen-bond donors (Lipinski definition) is 2. The van der Waals surface area contributed by atoms with Gasteiger partial charge in [-0.15, -0.1) is 0 Å². The van der Waals surface area contributed by atoms with Crippen molar-refractivity contribution < 1.29 is 9.59 Å². The second kappa shape index (κ2) is 4.68. The van der Waals surface area contributed by atoms with Crippen molar-refractivity contribution >= 4 is 39.1 Å². The van der Waals surface area contributed by atoms with Gasteiger partial charge in [-0.3, -0.25) is 9.59 Å². The van der Waals surface area contributed by atoms with E-state index in [4.69, 9.17) is 0 Å². The highest BCUT2D eigenvalue weighted by molar-refractivity contribution is 9.10. The molecule has 110 valence electrons. The van der Waals surface area contributed by atoms with E-state index in [0.29, 0.717) is 0 Å². The molecule has 0 bridgehead atoms. The minimum absolute atomic E-state index is 0.118. The number of amides is 2. The largest absolute Gasteiger partial charge is 0.325 e. The van der Waals surface area contributed by atoms with E-state index < -0.39 is 11.8 Å². The van der Waals surface area contributed by atoms with Crippen LogP contribution in [0.4, 0.5) is 11.4 Å². The van der Waals surface area contributed by atoms with Crippen LogP contribution in [-0.2, 0) is 9.59 Å². The van der Waals surface area contributed by atoms with E-state index in [1.807, 2.05) is 43.3 Å². The Morgan fingerprint density at radius 3 is 2.45 bits per heavy atom. The first-order chi connectivity index (χ1) is 10.6. The molecule has 0 aliphatic carbocycles. The SMILES string of the molecule is Cc1cc(Br)cc2c1NC(=O)C2C1C(=O)Nc2ccccc21. The summed E-state index contributed by atoms with van der Waals surface area (Å²) in [6, 6.07) is 11.4. The van der Waals surface area contributed by atoms with Crippen LogP contribution in [0.25, 0.3) is 0 Å². The van der Waals surface area contributed by atoms with Crippen molar-refractivity contribution in [2.24, 2.45) is 0 Å². The fourth-order valence-corrected chi connectivity index (χ4v) is 4.01. The maximum atomic E-state index is 12.5. The molecule has 0 saturated heterocycles. The van der Waals surface area contributed by atoms with Crippen LogP contribution in [0, 0.1) is 6.92 Å². The first-order valence-corrected chi connectivity index (χ1v) is 7.86. The van der Waals surface area contributed by atoms with Crippen LogP contribution in [-0.4, -0.2) is 11.8 Å². The summed E-state index contributed by atoms with van der Waals surface area (Å²) in [5.41, 5.74) is 4.39. The highest BCUT2D eigenvalue weighted by Gasteiger charge is 2.45. The summed E-state index contributed by atoms with van der Waals surface area (Å²) in [7, 11) is 0. The minimum atomic E-state index is -0.491. The van der Waals surface area contributed by atoms with Gasteiger partial charge < -0.3 is 10.6 Å². The third-order valence-electron chi connectivity index (χ3n) is 4.37. The molecule has 0 saturated carbocycles. The Labute approximate surface area is 136 Å². The number of nitrogens with one attached hydrogen (secondary N) is 2. The molecule has 4 rings (SSSR count). The lowest BCUT2D eigenvalue weighted by atomic mass is 9.82. The molecule has 2 atom stereocenters. The number of rotatable bonds is 1. The topological polar surface area (TPSA) is 58.2 Å². The molecule has 2 N–H and O–H groups in total. The molecule has 5 heteroatoms. The third kappa shape index (κ3) is 1.82. The van der Waals surface area contributed by atoms with Crippen molar-refractivity contribution in [1.29, 1.82) is 0 Å². The molecule has 0 fully saturated rings. The van der Waals surface area contributed by atoms with E-state index in [2.05, 4.69) is 26.6 Å².